The molecule has 180 valence electrons. The van der Waals surface area contributed by atoms with Crippen molar-refractivity contribution >= 4 is 11.7 Å². The van der Waals surface area contributed by atoms with E-state index < -0.39 is 0 Å². The fourth-order valence-corrected chi connectivity index (χ4v) is 7.13. The molecule has 5 rings (SSSR count). The predicted octanol–water partition coefficient (Wildman–Crippen LogP) is 6.90. The first-order chi connectivity index (χ1) is 16.7. The molecule has 2 unspecified atom stereocenters. The molecule has 0 bridgehead atoms. The molecule has 1 heterocycles. The van der Waals surface area contributed by atoms with Crippen molar-refractivity contribution in [3.05, 3.63) is 71.3 Å². The molecule has 1 aliphatic heterocycles. The van der Waals surface area contributed by atoms with Gasteiger partial charge in [0.1, 0.15) is 5.78 Å². The Hall–Kier alpha value is -2.42. The van der Waals surface area contributed by atoms with Crippen molar-refractivity contribution in [1.29, 1.82) is 0 Å². The zero-order valence-electron chi connectivity index (χ0n) is 20.5. The molecule has 0 radical (unpaired) electrons. The number of rotatable bonds is 7. The molecule has 2 aliphatic carbocycles. The average molecular weight is 458 g/mol. The lowest BCUT2D eigenvalue weighted by Crippen LogP contribution is -2.40. The van der Waals surface area contributed by atoms with Crippen LogP contribution in [0.25, 0.3) is 0 Å². The van der Waals surface area contributed by atoms with Crippen molar-refractivity contribution in [3.8, 4) is 0 Å². The first-order valence-corrected chi connectivity index (χ1v) is 13.6. The van der Waals surface area contributed by atoms with Gasteiger partial charge in [-0.1, -0.05) is 86.7 Å². The third-order valence-electron chi connectivity index (χ3n) is 8.78. The van der Waals surface area contributed by atoms with E-state index in [0.717, 1.165) is 31.2 Å². The maximum absolute atomic E-state index is 13.4. The Morgan fingerprint density at radius 3 is 2.47 bits per heavy atom. The van der Waals surface area contributed by atoms with Crippen molar-refractivity contribution in [3.63, 3.8) is 0 Å². The zero-order valence-corrected chi connectivity index (χ0v) is 20.5. The second-order valence-electron chi connectivity index (χ2n) is 10.8. The lowest BCUT2D eigenvalue weighted by molar-refractivity contribution is -0.133. The zero-order chi connectivity index (χ0) is 23.3. The summed E-state index contributed by atoms with van der Waals surface area (Å²) in [6.45, 7) is 0.745. The number of carbonyl (C=O) groups excluding carboxylic acids is 2. The molecule has 3 aliphatic rings. The van der Waals surface area contributed by atoms with Gasteiger partial charge in [-0.05, 0) is 60.1 Å². The molecule has 4 atom stereocenters. The summed E-state index contributed by atoms with van der Waals surface area (Å²) in [6, 6.07) is 18.9. The first kappa shape index (κ1) is 23.3. The molecule has 0 saturated heterocycles. The van der Waals surface area contributed by atoms with E-state index in [-0.39, 0.29) is 11.9 Å². The second-order valence-corrected chi connectivity index (χ2v) is 10.8. The Bertz CT molecular complexity index is 982. The van der Waals surface area contributed by atoms with Gasteiger partial charge in [0, 0.05) is 25.8 Å². The molecule has 1 amide bonds. The van der Waals surface area contributed by atoms with E-state index in [2.05, 4.69) is 53.4 Å². The number of amides is 1. The molecule has 2 saturated carbocycles. The normalized spacial score (nSPS) is 26.4. The highest BCUT2D eigenvalue weighted by molar-refractivity contribution is 5.81. The summed E-state index contributed by atoms with van der Waals surface area (Å²) in [4.78, 5) is 28.3. The van der Waals surface area contributed by atoms with E-state index in [4.69, 9.17) is 0 Å². The minimum atomic E-state index is -0.0279. The quantitative estimate of drug-likeness (QED) is 0.454. The van der Waals surface area contributed by atoms with Crippen LogP contribution in [0.2, 0.25) is 0 Å². The van der Waals surface area contributed by atoms with Crippen molar-refractivity contribution in [1.82, 2.24) is 4.90 Å². The third-order valence-corrected chi connectivity index (χ3v) is 8.78. The lowest BCUT2D eigenvalue weighted by atomic mass is 9.64. The minimum absolute atomic E-state index is 0.0279. The maximum atomic E-state index is 13.4. The van der Waals surface area contributed by atoms with Crippen LogP contribution in [0.15, 0.2) is 54.6 Å². The molecule has 2 aromatic rings. The number of hydrogen-bond acceptors (Lipinski definition) is 2. The topological polar surface area (TPSA) is 37.4 Å². The van der Waals surface area contributed by atoms with Gasteiger partial charge in [-0.2, -0.15) is 0 Å². The Labute approximate surface area is 204 Å². The average Bonchev–Trinajstić information content (AvgIpc) is 2.88. The Morgan fingerprint density at radius 2 is 1.59 bits per heavy atom. The summed E-state index contributed by atoms with van der Waals surface area (Å²) in [5.41, 5.74) is 3.74. The number of carbonyl (C=O) groups is 2. The summed E-state index contributed by atoms with van der Waals surface area (Å²) in [5.74, 6) is 2.82. The van der Waals surface area contributed by atoms with Gasteiger partial charge in [-0.25, -0.2) is 0 Å². The molecule has 3 nitrogen and oxygen atoms in total. The smallest absolute Gasteiger partial charge is 0.223 e. The van der Waals surface area contributed by atoms with Crippen LogP contribution in [0, 0.1) is 17.8 Å². The summed E-state index contributed by atoms with van der Waals surface area (Å²) < 4.78 is 0. The van der Waals surface area contributed by atoms with Crippen molar-refractivity contribution in [2.75, 3.05) is 6.54 Å². The fourth-order valence-electron chi connectivity index (χ4n) is 7.13. The highest BCUT2D eigenvalue weighted by atomic mass is 16.2. The van der Waals surface area contributed by atoms with Gasteiger partial charge < -0.3 is 4.90 Å². The van der Waals surface area contributed by atoms with E-state index in [9.17, 15) is 9.59 Å². The monoisotopic (exact) mass is 457 g/mol. The van der Waals surface area contributed by atoms with Gasteiger partial charge in [-0.3, -0.25) is 9.59 Å². The molecule has 0 N–H and O–H groups in total. The Balaban J connectivity index is 1.18. The van der Waals surface area contributed by atoms with E-state index in [1.54, 1.807) is 0 Å². The van der Waals surface area contributed by atoms with Crippen LogP contribution in [0.5, 0.6) is 0 Å². The number of fused-ring (bicyclic) bond motifs is 2. The standard InChI is InChI=1S/C31H39NO2/c33-27(22-26-15-8-14-23-10-4-6-17-28(23)26)16-9-19-30(34)32-21-20-24-11-5-7-18-29(24)31(32)25-12-2-1-3-13-25/h1-3,5,7,11-13,18,23,26,28,31H,4,6,8-10,14-17,19-22H2/t23?,26?,28-,31+/m0/s1. The highest BCUT2D eigenvalue weighted by Gasteiger charge is 2.36. The van der Waals surface area contributed by atoms with E-state index in [1.807, 2.05) is 6.07 Å². The number of benzene rings is 2. The number of Topliss-reactive ketones (excluding diaryl/α,β-unsaturated/α-hetero) is 1. The van der Waals surface area contributed by atoms with Crippen LogP contribution < -0.4 is 0 Å². The Morgan fingerprint density at radius 1 is 0.824 bits per heavy atom. The van der Waals surface area contributed by atoms with Crippen LogP contribution in [-0.4, -0.2) is 23.1 Å². The minimum Gasteiger partial charge on any atom is -0.331 e. The molecule has 0 aromatic heterocycles. The van der Waals surface area contributed by atoms with Gasteiger partial charge in [0.25, 0.3) is 0 Å². The van der Waals surface area contributed by atoms with E-state index in [1.165, 1.54) is 61.6 Å². The Kier molecular flexibility index (Phi) is 7.47. The maximum Gasteiger partial charge on any atom is 0.223 e. The van der Waals surface area contributed by atoms with Crippen LogP contribution in [0.4, 0.5) is 0 Å². The van der Waals surface area contributed by atoms with E-state index >= 15 is 0 Å². The van der Waals surface area contributed by atoms with Crippen molar-refractivity contribution < 1.29 is 9.59 Å². The summed E-state index contributed by atoms with van der Waals surface area (Å²) in [5, 5.41) is 0. The van der Waals surface area contributed by atoms with Crippen LogP contribution in [0.3, 0.4) is 0 Å². The lowest BCUT2D eigenvalue weighted by Gasteiger charge is -2.41. The highest BCUT2D eigenvalue weighted by Crippen LogP contribution is 2.45. The van der Waals surface area contributed by atoms with Crippen LogP contribution >= 0.6 is 0 Å². The third kappa shape index (κ3) is 5.14. The largest absolute Gasteiger partial charge is 0.331 e. The summed E-state index contributed by atoms with van der Waals surface area (Å²) in [7, 11) is 0. The summed E-state index contributed by atoms with van der Waals surface area (Å²) in [6.07, 6.45) is 12.7. The van der Waals surface area contributed by atoms with Crippen molar-refractivity contribution in [2.24, 2.45) is 17.8 Å². The molecule has 2 fully saturated rings. The van der Waals surface area contributed by atoms with Gasteiger partial charge in [0.05, 0.1) is 6.04 Å². The van der Waals surface area contributed by atoms with E-state index in [0.29, 0.717) is 31.0 Å². The number of nitrogens with zero attached hydrogens (tertiary/aromatic N) is 1. The molecule has 3 heteroatoms. The van der Waals surface area contributed by atoms with Gasteiger partial charge >= 0.3 is 0 Å². The molecule has 34 heavy (non-hydrogen) atoms. The molecular weight excluding hydrogens is 418 g/mol. The molecular formula is C31H39NO2. The van der Waals surface area contributed by atoms with Gasteiger partial charge in [0.2, 0.25) is 5.91 Å². The molecule has 2 aromatic carbocycles. The SMILES string of the molecule is O=C(CCCC(=O)N1CCc2ccccc2[C@H]1c1ccccc1)CC1CCCC2CCCC[C@@H]21. The second kappa shape index (κ2) is 10.9. The van der Waals surface area contributed by atoms with Gasteiger partial charge in [-0.15, -0.1) is 0 Å². The predicted molar refractivity (Wildman–Crippen MR) is 136 cm³/mol. The van der Waals surface area contributed by atoms with Crippen LogP contribution in [0.1, 0.15) is 93.4 Å². The fraction of sp³-hybridized carbons (Fsp3) is 0.548. The van der Waals surface area contributed by atoms with Gasteiger partial charge in [0.15, 0.2) is 0 Å². The number of ketones is 1. The number of hydrogen-bond donors (Lipinski definition) is 0. The molecule has 0 spiro atoms. The summed E-state index contributed by atoms with van der Waals surface area (Å²) >= 11 is 0. The van der Waals surface area contributed by atoms with Crippen LogP contribution in [-0.2, 0) is 16.0 Å². The van der Waals surface area contributed by atoms with Crippen molar-refractivity contribution in [2.45, 2.75) is 83.1 Å². The first-order valence-electron chi connectivity index (χ1n) is 13.6.